The molecule has 3 heterocycles. The lowest BCUT2D eigenvalue weighted by molar-refractivity contribution is -0.158. The van der Waals surface area contributed by atoms with E-state index in [2.05, 4.69) is 0 Å². The Morgan fingerprint density at radius 3 is 2.81 bits per heavy atom. The van der Waals surface area contributed by atoms with E-state index in [9.17, 15) is 9.59 Å². The number of hydrogen-bond acceptors (Lipinski definition) is 6. The molecule has 6 nitrogen and oxygen atoms in total. The Morgan fingerprint density at radius 1 is 1.29 bits per heavy atom. The van der Waals surface area contributed by atoms with Gasteiger partial charge in [0, 0.05) is 15.6 Å². The molecule has 9 heteroatoms. The molecule has 2 aliphatic heterocycles. The Balaban J connectivity index is 1.80. The molecule has 2 aliphatic rings. The molecule has 158 valence electrons. The molecule has 0 saturated heterocycles. The first-order valence-corrected chi connectivity index (χ1v) is 11.0. The summed E-state index contributed by atoms with van der Waals surface area (Å²) in [6, 6.07) is 11.8. The van der Waals surface area contributed by atoms with E-state index in [4.69, 9.17) is 37.7 Å². The summed E-state index contributed by atoms with van der Waals surface area (Å²) in [7, 11) is 1.32. The molecular formula is C22H16Cl2N2O4S. The Labute approximate surface area is 191 Å². The lowest BCUT2D eigenvalue weighted by Gasteiger charge is -2.44. The number of benzene rings is 2. The van der Waals surface area contributed by atoms with Gasteiger partial charge >= 0.3 is 5.97 Å². The summed E-state index contributed by atoms with van der Waals surface area (Å²) < 4.78 is 13.2. The van der Waals surface area contributed by atoms with Crippen molar-refractivity contribution in [2.75, 3.05) is 7.11 Å². The van der Waals surface area contributed by atoms with E-state index in [0.29, 0.717) is 30.7 Å². The number of halogens is 2. The minimum absolute atomic E-state index is 0.257. The molecule has 0 radical (unpaired) electrons. The van der Waals surface area contributed by atoms with Crippen molar-refractivity contribution in [3.05, 3.63) is 83.3 Å². The first kappa shape index (κ1) is 20.3. The van der Waals surface area contributed by atoms with Crippen LogP contribution in [0.15, 0.2) is 52.3 Å². The Kier molecular flexibility index (Phi) is 4.73. The maximum absolute atomic E-state index is 13.5. The third kappa shape index (κ3) is 3.11. The summed E-state index contributed by atoms with van der Waals surface area (Å²) in [6.07, 6.45) is 1.71. The number of ether oxygens (including phenoxy) is 2. The molecule has 0 aliphatic carbocycles. The van der Waals surface area contributed by atoms with E-state index in [1.807, 2.05) is 24.3 Å². The van der Waals surface area contributed by atoms with Crippen LogP contribution in [0, 0.1) is 5.92 Å². The van der Waals surface area contributed by atoms with Gasteiger partial charge in [-0.1, -0.05) is 58.8 Å². The van der Waals surface area contributed by atoms with Gasteiger partial charge in [-0.3, -0.25) is 14.2 Å². The number of esters is 1. The summed E-state index contributed by atoms with van der Waals surface area (Å²) in [5.74, 6) is -0.700. The van der Waals surface area contributed by atoms with E-state index < -0.39 is 23.7 Å². The zero-order chi connectivity index (χ0) is 21.9. The zero-order valence-electron chi connectivity index (χ0n) is 16.5. The smallest absolute Gasteiger partial charge is 0.317 e. The standard InChI is InChI=1S/C22H16Cl2N2O4S/c1-22-17(20(28)29-2)18(13-5-3-4-6-15(13)30-22)26-19(27)16(31-21(26)25-22)9-11-7-8-12(23)10-14(11)24/h3-10,17-18H,1-2H3/b16-9+/t17-,18-,22+/m1/s1. The topological polar surface area (TPSA) is 69.9 Å². The predicted molar refractivity (Wildman–Crippen MR) is 119 cm³/mol. The highest BCUT2D eigenvalue weighted by Crippen LogP contribution is 2.47. The fourth-order valence-corrected chi connectivity index (χ4v) is 5.74. The number of para-hydroxylation sites is 1. The van der Waals surface area contributed by atoms with Crippen molar-refractivity contribution < 1.29 is 14.3 Å². The number of nitrogens with zero attached hydrogens (tertiary/aromatic N) is 2. The maximum atomic E-state index is 13.5. The van der Waals surface area contributed by atoms with Crippen LogP contribution in [0.3, 0.4) is 0 Å². The SMILES string of the molecule is COC(=O)[C@H]1[C@H]2c3ccccc3O[C@]1(C)N=c1s/c(=C/c3ccc(Cl)cc3Cl)c(=O)n12. The second-order valence-electron chi connectivity index (χ2n) is 7.49. The van der Waals surface area contributed by atoms with E-state index >= 15 is 0 Å². The van der Waals surface area contributed by atoms with Gasteiger partial charge in [0.15, 0.2) is 4.80 Å². The molecule has 0 unspecified atom stereocenters. The molecule has 0 amide bonds. The van der Waals surface area contributed by atoms with Gasteiger partial charge in [-0.25, -0.2) is 4.99 Å². The van der Waals surface area contributed by atoms with E-state index in [-0.39, 0.29) is 5.56 Å². The molecule has 2 bridgehead atoms. The van der Waals surface area contributed by atoms with E-state index in [1.165, 1.54) is 18.4 Å². The van der Waals surface area contributed by atoms with Gasteiger partial charge in [-0.05, 0) is 36.8 Å². The van der Waals surface area contributed by atoms with Crippen LogP contribution < -0.4 is 19.6 Å². The van der Waals surface area contributed by atoms with Crippen LogP contribution in [0.4, 0.5) is 0 Å². The lowest BCUT2D eigenvalue weighted by atomic mass is 9.81. The molecule has 1 aromatic heterocycles. The van der Waals surface area contributed by atoms with Gasteiger partial charge in [0.2, 0.25) is 5.72 Å². The van der Waals surface area contributed by atoms with E-state index in [0.717, 1.165) is 5.56 Å². The number of aromatic nitrogens is 1. The summed E-state index contributed by atoms with van der Waals surface area (Å²) >= 11 is 13.5. The highest BCUT2D eigenvalue weighted by Gasteiger charge is 2.55. The van der Waals surface area contributed by atoms with Crippen LogP contribution in [0.2, 0.25) is 10.0 Å². The van der Waals surface area contributed by atoms with Gasteiger partial charge in [-0.2, -0.15) is 0 Å². The Morgan fingerprint density at radius 2 is 2.06 bits per heavy atom. The van der Waals surface area contributed by atoms with Gasteiger partial charge in [0.25, 0.3) is 5.56 Å². The van der Waals surface area contributed by atoms with Crippen molar-refractivity contribution in [1.29, 1.82) is 0 Å². The van der Waals surface area contributed by atoms with Crippen LogP contribution in [0.1, 0.15) is 24.1 Å². The van der Waals surface area contributed by atoms with Crippen molar-refractivity contribution in [1.82, 2.24) is 4.57 Å². The quantitative estimate of drug-likeness (QED) is 0.534. The first-order valence-electron chi connectivity index (χ1n) is 9.46. The number of hydrogen-bond donors (Lipinski definition) is 0. The van der Waals surface area contributed by atoms with Crippen LogP contribution in [0.25, 0.3) is 6.08 Å². The van der Waals surface area contributed by atoms with Gasteiger partial charge in [0.05, 0.1) is 17.7 Å². The van der Waals surface area contributed by atoms with Gasteiger partial charge in [0.1, 0.15) is 11.7 Å². The lowest BCUT2D eigenvalue weighted by Crippen LogP contribution is -2.58. The molecule has 2 aromatic carbocycles. The molecule has 0 saturated carbocycles. The normalized spacial score (nSPS) is 23.9. The highest BCUT2D eigenvalue weighted by atomic mass is 35.5. The van der Waals surface area contributed by atoms with Gasteiger partial charge in [-0.15, -0.1) is 0 Å². The Hall–Kier alpha value is -2.61. The highest BCUT2D eigenvalue weighted by molar-refractivity contribution is 7.07. The Bertz CT molecular complexity index is 1410. The average molecular weight is 475 g/mol. The fourth-order valence-electron chi connectivity index (χ4n) is 4.19. The zero-order valence-corrected chi connectivity index (χ0v) is 18.8. The van der Waals surface area contributed by atoms with Crippen molar-refractivity contribution in [3.63, 3.8) is 0 Å². The largest absolute Gasteiger partial charge is 0.469 e. The van der Waals surface area contributed by atoms with Crippen molar-refractivity contribution in [2.45, 2.75) is 18.7 Å². The van der Waals surface area contributed by atoms with Crippen LogP contribution >= 0.6 is 34.5 Å². The molecule has 0 spiro atoms. The van der Waals surface area contributed by atoms with Crippen molar-refractivity contribution >= 4 is 46.6 Å². The summed E-state index contributed by atoms with van der Waals surface area (Å²) in [4.78, 5) is 31.4. The van der Waals surface area contributed by atoms with Crippen molar-refractivity contribution in [2.24, 2.45) is 10.9 Å². The fraction of sp³-hybridized carbons (Fsp3) is 0.227. The van der Waals surface area contributed by atoms with Crippen LogP contribution in [-0.4, -0.2) is 23.4 Å². The second kappa shape index (κ2) is 7.22. The number of carbonyl (C=O) groups is 1. The van der Waals surface area contributed by atoms with Crippen LogP contribution in [0.5, 0.6) is 5.75 Å². The molecule has 0 fully saturated rings. The molecule has 31 heavy (non-hydrogen) atoms. The van der Waals surface area contributed by atoms with Crippen molar-refractivity contribution in [3.8, 4) is 5.75 Å². The minimum atomic E-state index is -1.20. The molecule has 3 atom stereocenters. The van der Waals surface area contributed by atoms with E-state index in [1.54, 1.807) is 35.8 Å². The number of methoxy groups -OCH3 is 1. The summed E-state index contributed by atoms with van der Waals surface area (Å²) in [6.45, 7) is 1.74. The number of thiazole rings is 1. The maximum Gasteiger partial charge on any atom is 0.317 e. The summed E-state index contributed by atoms with van der Waals surface area (Å²) in [5.41, 5.74) is -0.0499. The molecular weight excluding hydrogens is 459 g/mol. The molecule has 3 aromatic rings. The number of carbonyl (C=O) groups excluding carboxylic acids is 1. The summed E-state index contributed by atoms with van der Waals surface area (Å²) in [5, 5.41) is 0.947. The third-order valence-electron chi connectivity index (χ3n) is 5.58. The average Bonchev–Trinajstić information content (AvgIpc) is 3.02. The number of fused-ring (bicyclic) bond motifs is 6. The minimum Gasteiger partial charge on any atom is -0.469 e. The second-order valence-corrected chi connectivity index (χ2v) is 9.34. The van der Waals surface area contributed by atoms with Crippen LogP contribution in [-0.2, 0) is 9.53 Å². The number of rotatable bonds is 2. The monoisotopic (exact) mass is 474 g/mol. The predicted octanol–water partition coefficient (Wildman–Crippen LogP) is 3.17. The van der Waals surface area contributed by atoms with Gasteiger partial charge < -0.3 is 9.47 Å². The first-order chi connectivity index (χ1) is 14.8. The molecule has 0 N–H and O–H groups in total. The molecule has 5 rings (SSSR count). The third-order valence-corrected chi connectivity index (χ3v) is 7.13.